The lowest BCUT2D eigenvalue weighted by Gasteiger charge is -2.62. The van der Waals surface area contributed by atoms with Gasteiger partial charge in [0.05, 0.1) is 40.0 Å². The summed E-state index contributed by atoms with van der Waals surface area (Å²) in [6, 6.07) is 15.8. The SMILES string of the molecule is COc1ccc(C(O)(c2ccc(OC)cc2)C2N3CN4CN(C3)CP2C4)cc1. The van der Waals surface area contributed by atoms with Crippen LogP contribution in [0.25, 0.3) is 0 Å². The fourth-order valence-corrected chi connectivity index (χ4v) is 8.11. The average Bonchev–Trinajstić information content (AvgIpc) is 2.73. The van der Waals surface area contributed by atoms with Gasteiger partial charge in [-0.1, -0.05) is 32.2 Å². The maximum Gasteiger partial charge on any atom is 0.134 e. The molecule has 1 N–H and O–H groups in total. The van der Waals surface area contributed by atoms with Gasteiger partial charge in [0.25, 0.3) is 0 Å². The number of hydrogen-bond donors (Lipinski definition) is 1. The summed E-state index contributed by atoms with van der Waals surface area (Å²) in [5.41, 5.74) is 0.770. The number of methoxy groups -OCH3 is 2. The lowest BCUT2D eigenvalue weighted by atomic mass is 9.85. The first-order valence-corrected chi connectivity index (χ1v) is 11.3. The molecule has 4 aliphatic heterocycles. The summed E-state index contributed by atoms with van der Waals surface area (Å²) in [6.45, 7) is 2.91. The third-order valence-electron chi connectivity index (χ3n) is 6.05. The number of rotatable bonds is 5. The molecular weight excluding hydrogens is 373 g/mol. The molecule has 4 bridgehead atoms. The second-order valence-electron chi connectivity index (χ2n) is 7.82. The number of aliphatic hydroxyl groups is 1. The normalized spacial score (nSPS) is 31.0. The fraction of sp³-hybridized carbons (Fsp3) is 0.429. The largest absolute Gasteiger partial charge is 0.497 e. The molecule has 148 valence electrons. The molecule has 4 heterocycles. The van der Waals surface area contributed by atoms with E-state index in [0.29, 0.717) is 0 Å². The minimum Gasteiger partial charge on any atom is -0.497 e. The number of hydrogen-bond acceptors (Lipinski definition) is 6. The Balaban J connectivity index is 1.61. The molecule has 4 saturated heterocycles. The van der Waals surface area contributed by atoms with Gasteiger partial charge in [-0.2, -0.15) is 0 Å². The molecule has 2 aromatic rings. The van der Waals surface area contributed by atoms with E-state index in [1.54, 1.807) is 14.2 Å². The van der Waals surface area contributed by atoms with Crippen LogP contribution in [0.3, 0.4) is 0 Å². The minimum absolute atomic E-state index is 0.0945. The third-order valence-corrected chi connectivity index (χ3v) is 8.97. The Labute approximate surface area is 167 Å². The topological polar surface area (TPSA) is 48.4 Å². The third kappa shape index (κ3) is 2.83. The smallest absolute Gasteiger partial charge is 0.134 e. The van der Waals surface area contributed by atoms with Crippen molar-refractivity contribution in [1.29, 1.82) is 0 Å². The predicted octanol–water partition coefficient (Wildman–Crippen LogP) is 2.48. The van der Waals surface area contributed by atoms with Gasteiger partial charge < -0.3 is 14.6 Å². The first-order valence-electron chi connectivity index (χ1n) is 9.56. The summed E-state index contributed by atoms with van der Waals surface area (Å²) < 4.78 is 10.7. The van der Waals surface area contributed by atoms with Crippen molar-refractivity contribution in [1.82, 2.24) is 14.7 Å². The Morgan fingerprint density at radius 2 is 1.29 bits per heavy atom. The van der Waals surface area contributed by atoms with E-state index < -0.39 is 5.60 Å². The lowest BCUT2D eigenvalue weighted by molar-refractivity contribution is -0.0928. The Hall–Kier alpha value is -1.69. The van der Waals surface area contributed by atoms with Crippen molar-refractivity contribution >= 4 is 7.92 Å². The molecular formula is C21H26N3O3P. The van der Waals surface area contributed by atoms with Crippen LogP contribution in [0.4, 0.5) is 0 Å². The standard InChI is InChI=1S/C21H26N3O3P/c1-26-18-7-3-16(4-8-18)21(25,17-5-9-19(27-2)10-6-17)20-24-12-22-11-23(13-24)15-28(20)14-22/h3-10,20,25H,11-15H2,1-2H3. The highest BCUT2D eigenvalue weighted by Gasteiger charge is 2.54. The summed E-state index contributed by atoms with van der Waals surface area (Å²) in [7, 11) is 2.97. The minimum atomic E-state index is -1.07. The molecule has 0 aliphatic carbocycles. The first kappa shape index (κ1) is 18.3. The second-order valence-corrected chi connectivity index (χ2v) is 10.1. The van der Waals surface area contributed by atoms with Crippen LogP contribution in [-0.4, -0.2) is 72.4 Å². The molecule has 7 heteroatoms. The van der Waals surface area contributed by atoms with Crippen LogP contribution in [0, 0.1) is 0 Å². The van der Waals surface area contributed by atoms with E-state index in [0.717, 1.165) is 55.2 Å². The number of benzene rings is 2. The van der Waals surface area contributed by atoms with Gasteiger partial charge in [0, 0.05) is 12.6 Å². The van der Waals surface area contributed by atoms with Gasteiger partial charge in [-0.3, -0.25) is 14.7 Å². The summed E-state index contributed by atoms with van der Waals surface area (Å²) in [5, 5.41) is 12.4. The highest BCUT2D eigenvalue weighted by atomic mass is 31.1. The van der Waals surface area contributed by atoms with Gasteiger partial charge in [0.2, 0.25) is 0 Å². The van der Waals surface area contributed by atoms with Gasteiger partial charge >= 0.3 is 0 Å². The molecule has 0 saturated carbocycles. The molecule has 0 amide bonds. The van der Waals surface area contributed by atoms with Gasteiger partial charge in [-0.15, -0.1) is 0 Å². The zero-order chi connectivity index (χ0) is 19.3. The van der Waals surface area contributed by atoms with Crippen LogP contribution < -0.4 is 9.47 Å². The van der Waals surface area contributed by atoms with Gasteiger partial charge in [0.1, 0.15) is 17.1 Å². The molecule has 3 unspecified atom stereocenters. The van der Waals surface area contributed by atoms with Crippen LogP contribution in [-0.2, 0) is 5.60 Å². The molecule has 0 aromatic heterocycles. The molecule has 0 spiro atoms. The molecule has 4 fully saturated rings. The van der Waals surface area contributed by atoms with Crippen molar-refractivity contribution in [2.45, 2.75) is 11.4 Å². The number of ether oxygens (including phenoxy) is 2. The number of nitrogens with zero attached hydrogens (tertiary/aromatic N) is 3. The van der Waals surface area contributed by atoms with E-state index in [-0.39, 0.29) is 13.7 Å². The summed E-state index contributed by atoms with van der Waals surface area (Å²) in [5.74, 6) is 1.69. The van der Waals surface area contributed by atoms with E-state index in [1.165, 1.54) is 0 Å². The average molecular weight is 399 g/mol. The highest BCUT2D eigenvalue weighted by molar-refractivity contribution is 7.58. The van der Waals surface area contributed by atoms with Crippen LogP contribution in [0.2, 0.25) is 0 Å². The molecule has 4 aliphatic rings. The second kappa shape index (κ2) is 6.97. The Bertz CT molecular complexity index is 767. The van der Waals surface area contributed by atoms with E-state index in [1.807, 2.05) is 48.5 Å². The summed E-state index contributed by atoms with van der Waals surface area (Å²) in [6.07, 6.45) is 2.20. The lowest BCUT2D eigenvalue weighted by Crippen LogP contribution is -2.69. The van der Waals surface area contributed by atoms with E-state index in [4.69, 9.17) is 9.47 Å². The van der Waals surface area contributed by atoms with Crippen LogP contribution in [0.1, 0.15) is 11.1 Å². The zero-order valence-corrected chi connectivity index (χ0v) is 17.2. The first-order chi connectivity index (χ1) is 13.6. The quantitative estimate of drug-likeness (QED) is 0.780. The molecule has 6 nitrogen and oxygen atoms in total. The molecule has 3 atom stereocenters. The van der Waals surface area contributed by atoms with Crippen molar-refractivity contribution in [3.8, 4) is 11.5 Å². The molecule has 28 heavy (non-hydrogen) atoms. The predicted molar refractivity (Wildman–Crippen MR) is 110 cm³/mol. The Morgan fingerprint density at radius 1 is 0.821 bits per heavy atom. The zero-order valence-electron chi connectivity index (χ0n) is 16.3. The van der Waals surface area contributed by atoms with Gasteiger partial charge in [-0.05, 0) is 35.4 Å². The van der Waals surface area contributed by atoms with E-state index in [9.17, 15) is 5.11 Å². The van der Waals surface area contributed by atoms with Crippen LogP contribution >= 0.6 is 7.92 Å². The summed E-state index contributed by atoms with van der Waals surface area (Å²) >= 11 is 0. The van der Waals surface area contributed by atoms with Crippen molar-refractivity contribution < 1.29 is 14.6 Å². The van der Waals surface area contributed by atoms with Crippen LogP contribution in [0.5, 0.6) is 11.5 Å². The Kier molecular flexibility index (Phi) is 4.57. The monoisotopic (exact) mass is 399 g/mol. The maximum atomic E-state index is 12.4. The molecule has 0 radical (unpaired) electrons. The Morgan fingerprint density at radius 3 is 1.68 bits per heavy atom. The van der Waals surface area contributed by atoms with Gasteiger partial charge in [-0.25, -0.2) is 0 Å². The van der Waals surface area contributed by atoms with Crippen molar-refractivity contribution in [3.63, 3.8) is 0 Å². The molecule has 6 rings (SSSR count). The van der Waals surface area contributed by atoms with E-state index in [2.05, 4.69) is 14.7 Å². The summed E-state index contributed by atoms with van der Waals surface area (Å²) in [4.78, 5) is 7.45. The maximum absolute atomic E-state index is 12.4. The molecule has 2 aromatic carbocycles. The van der Waals surface area contributed by atoms with E-state index >= 15 is 0 Å². The fourth-order valence-electron chi connectivity index (χ4n) is 4.89. The van der Waals surface area contributed by atoms with Crippen molar-refractivity contribution in [2.24, 2.45) is 0 Å². The van der Waals surface area contributed by atoms with Crippen molar-refractivity contribution in [2.75, 3.05) is 46.8 Å². The van der Waals surface area contributed by atoms with Gasteiger partial charge in [0.15, 0.2) is 0 Å². The highest BCUT2D eigenvalue weighted by Crippen LogP contribution is 2.59. The van der Waals surface area contributed by atoms with Crippen LogP contribution in [0.15, 0.2) is 48.5 Å². The van der Waals surface area contributed by atoms with Crippen molar-refractivity contribution in [3.05, 3.63) is 59.7 Å².